The summed E-state index contributed by atoms with van der Waals surface area (Å²) in [5.41, 5.74) is 0. The maximum absolute atomic E-state index is 2.12. The summed E-state index contributed by atoms with van der Waals surface area (Å²) in [5.74, 6) is 0. The van der Waals surface area contributed by atoms with Crippen LogP contribution in [0.5, 0.6) is 0 Å². The largest absolute Gasteiger partial charge is 1.00 e. The first-order valence-corrected chi connectivity index (χ1v) is 2.41. The van der Waals surface area contributed by atoms with Crippen LogP contribution in [0.3, 0.4) is 0 Å². The van der Waals surface area contributed by atoms with E-state index < -0.39 is 0 Å². The Morgan fingerprint density at radius 2 is 1.38 bits per heavy atom. The van der Waals surface area contributed by atoms with Gasteiger partial charge in [0.25, 0.3) is 0 Å². The van der Waals surface area contributed by atoms with Gasteiger partial charge < -0.3 is 17.0 Å². The number of allylic oxidation sites excluding steroid dienone is 2. The molecule has 0 aromatic carbocycles. The number of rotatable bonds is 0. The van der Waals surface area contributed by atoms with E-state index in [0.29, 0.717) is 0 Å². The van der Waals surface area contributed by atoms with E-state index in [1.54, 1.807) is 0 Å². The van der Waals surface area contributed by atoms with Gasteiger partial charge in [0.05, 0.1) is 14.1 Å². The Hall–Kier alpha value is -0.0800. The van der Waals surface area contributed by atoms with Crippen LogP contribution in [0, 0.1) is 0 Å². The number of hydrogen-bond donors (Lipinski definition) is 0. The van der Waals surface area contributed by atoms with Crippen molar-refractivity contribution in [1.82, 2.24) is 0 Å². The zero-order chi connectivity index (χ0) is 5.33. The van der Waals surface area contributed by atoms with E-state index in [1.165, 1.54) is 0 Å². The third-order valence-corrected chi connectivity index (χ3v) is 1.05. The summed E-state index contributed by atoms with van der Waals surface area (Å²) in [6.45, 7) is 0. The van der Waals surface area contributed by atoms with Crippen LogP contribution in [0.15, 0.2) is 24.6 Å². The van der Waals surface area contributed by atoms with Crippen LogP contribution in [0.1, 0.15) is 0 Å². The van der Waals surface area contributed by atoms with Gasteiger partial charge in [-0.15, -0.1) is 0 Å². The molecule has 0 unspecified atom stereocenters. The summed E-state index contributed by atoms with van der Waals surface area (Å²) in [4.78, 5) is 0. The Kier molecular flexibility index (Phi) is 2.44. The minimum absolute atomic E-state index is 0. The van der Waals surface area contributed by atoms with E-state index in [1.807, 2.05) is 0 Å². The minimum atomic E-state index is 0. The SMILES string of the molecule is C[N+]1(C)C=CC=C1.[Br-]. The molecule has 1 heterocycles. The predicted octanol–water partition coefficient (Wildman–Crippen LogP) is -1.89. The van der Waals surface area contributed by atoms with Gasteiger partial charge in [0.15, 0.2) is 0 Å². The molecule has 0 amide bonds. The first-order chi connectivity index (χ1) is 3.21. The molecule has 46 valence electrons. The molecule has 0 spiro atoms. The van der Waals surface area contributed by atoms with Gasteiger partial charge in [0.2, 0.25) is 0 Å². The van der Waals surface area contributed by atoms with E-state index in [2.05, 4.69) is 38.6 Å². The van der Waals surface area contributed by atoms with Crippen LogP contribution in [-0.2, 0) is 0 Å². The third-order valence-electron chi connectivity index (χ3n) is 1.05. The summed E-state index contributed by atoms with van der Waals surface area (Å²) in [6.07, 6.45) is 8.36. The molecule has 2 heteroatoms. The van der Waals surface area contributed by atoms with E-state index in [9.17, 15) is 0 Å². The van der Waals surface area contributed by atoms with E-state index in [-0.39, 0.29) is 17.0 Å². The summed E-state index contributed by atoms with van der Waals surface area (Å²) in [7, 11) is 4.25. The van der Waals surface area contributed by atoms with Gasteiger partial charge in [-0.1, -0.05) is 0 Å². The van der Waals surface area contributed by atoms with Gasteiger partial charge in [0.1, 0.15) is 12.4 Å². The molecule has 0 aromatic heterocycles. The lowest BCUT2D eigenvalue weighted by Gasteiger charge is -2.14. The molecule has 1 rings (SSSR count). The maximum Gasteiger partial charge on any atom is 0.100 e. The molecule has 8 heavy (non-hydrogen) atoms. The second kappa shape index (κ2) is 2.46. The van der Waals surface area contributed by atoms with Crippen molar-refractivity contribution in [2.75, 3.05) is 14.1 Å². The first-order valence-electron chi connectivity index (χ1n) is 2.41. The van der Waals surface area contributed by atoms with Crippen LogP contribution in [-0.4, -0.2) is 18.6 Å². The number of hydrogen-bond acceptors (Lipinski definition) is 0. The third kappa shape index (κ3) is 1.80. The lowest BCUT2D eigenvalue weighted by atomic mass is 10.6. The van der Waals surface area contributed by atoms with Gasteiger partial charge in [-0.05, 0) is 12.2 Å². The fourth-order valence-electron chi connectivity index (χ4n) is 0.593. The molecule has 0 fully saturated rings. The Balaban J connectivity index is 0.000000490. The number of quaternary nitrogens is 1. The van der Waals surface area contributed by atoms with Crippen molar-refractivity contribution in [2.24, 2.45) is 0 Å². The molecular formula is C6H10BrN. The zero-order valence-electron chi connectivity index (χ0n) is 5.13. The molecule has 0 aromatic rings. The molecule has 0 aliphatic carbocycles. The van der Waals surface area contributed by atoms with Crippen molar-refractivity contribution in [2.45, 2.75) is 0 Å². The van der Waals surface area contributed by atoms with Crippen LogP contribution >= 0.6 is 0 Å². The van der Waals surface area contributed by atoms with Crippen LogP contribution in [0.2, 0.25) is 0 Å². The van der Waals surface area contributed by atoms with Crippen LogP contribution in [0.4, 0.5) is 0 Å². The molecule has 1 aliphatic rings. The second-order valence-electron chi connectivity index (χ2n) is 2.31. The monoisotopic (exact) mass is 175 g/mol. The minimum Gasteiger partial charge on any atom is -1.00 e. The normalized spacial score (nSPS) is 20.8. The number of halogens is 1. The molecule has 0 bridgehead atoms. The van der Waals surface area contributed by atoms with Gasteiger partial charge in [-0.2, -0.15) is 0 Å². The maximum atomic E-state index is 2.12. The van der Waals surface area contributed by atoms with E-state index >= 15 is 0 Å². The topological polar surface area (TPSA) is 0 Å². The van der Waals surface area contributed by atoms with Gasteiger partial charge in [-0.3, -0.25) is 4.48 Å². The second-order valence-corrected chi connectivity index (χ2v) is 2.31. The molecule has 0 radical (unpaired) electrons. The Labute approximate surface area is 60.7 Å². The Bertz CT molecular complexity index is 110. The highest BCUT2D eigenvalue weighted by atomic mass is 79.9. The molecule has 0 N–H and O–H groups in total. The van der Waals surface area contributed by atoms with Crippen molar-refractivity contribution in [3.8, 4) is 0 Å². The van der Waals surface area contributed by atoms with E-state index in [0.717, 1.165) is 4.48 Å². The summed E-state index contributed by atoms with van der Waals surface area (Å²) in [5, 5.41) is 0. The summed E-state index contributed by atoms with van der Waals surface area (Å²) in [6, 6.07) is 0. The summed E-state index contributed by atoms with van der Waals surface area (Å²) < 4.78 is 0.889. The van der Waals surface area contributed by atoms with Crippen molar-refractivity contribution in [3.63, 3.8) is 0 Å². The first kappa shape index (κ1) is 7.92. The highest BCUT2D eigenvalue weighted by Gasteiger charge is 2.07. The average molecular weight is 176 g/mol. The Morgan fingerprint density at radius 3 is 1.50 bits per heavy atom. The lowest BCUT2D eigenvalue weighted by Crippen LogP contribution is -3.00. The quantitative estimate of drug-likeness (QED) is 0.378. The molecule has 0 saturated heterocycles. The number of nitrogens with zero attached hydrogens (tertiary/aromatic N) is 1. The highest BCUT2D eigenvalue weighted by molar-refractivity contribution is 5.02. The zero-order valence-corrected chi connectivity index (χ0v) is 6.72. The fourth-order valence-corrected chi connectivity index (χ4v) is 0.593. The molecule has 1 nitrogen and oxygen atoms in total. The molecule has 0 atom stereocenters. The molecule has 1 aliphatic heterocycles. The average Bonchev–Trinajstić information content (AvgIpc) is 1.84. The van der Waals surface area contributed by atoms with Crippen molar-refractivity contribution in [3.05, 3.63) is 24.6 Å². The Morgan fingerprint density at radius 1 is 1.00 bits per heavy atom. The van der Waals surface area contributed by atoms with Crippen molar-refractivity contribution < 1.29 is 21.5 Å². The lowest BCUT2D eigenvalue weighted by molar-refractivity contribution is -0.781. The summed E-state index contributed by atoms with van der Waals surface area (Å²) >= 11 is 0. The van der Waals surface area contributed by atoms with Crippen molar-refractivity contribution >= 4 is 0 Å². The molecular weight excluding hydrogens is 166 g/mol. The van der Waals surface area contributed by atoms with Gasteiger partial charge in [-0.25, -0.2) is 0 Å². The van der Waals surface area contributed by atoms with Gasteiger partial charge >= 0.3 is 0 Å². The van der Waals surface area contributed by atoms with Crippen LogP contribution < -0.4 is 17.0 Å². The molecule has 0 saturated carbocycles. The van der Waals surface area contributed by atoms with E-state index in [4.69, 9.17) is 0 Å². The predicted molar refractivity (Wildman–Crippen MR) is 30.4 cm³/mol. The smallest absolute Gasteiger partial charge is 0.100 e. The van der Waals surface area contributed by atoms with Crippen molar-refractivity contribution in [1.29, 1.82) is 0 Å². The standard InChI is InChI=1S/C6H10N.BrH/c1-7(2)5-3-4-6-7;/h3-6H,1-2H3;1H/q+1;/p-1. The highest BCUT2D eigenvalue weighted by Crippen LogP contribution is 2.05. The van der Waals surface area contributed by atoms with Gasteiger partial charge in [0, 0.05) is 0 Å². The fraction of sp³-hybridized carbons (Fsp3) is 0.333. The van der Waals surface area contributed by atoms with Crippen LogP contribution in [0.25, 0.3) is 0 Å².